The second-order valence-electron chi connectivity index (χ2n) is 7.53. The van der Waals surface area contributed by atoms with Crippen LogP contribution in [0.2, 0.25) is 0 Å². The number of rotatable bonds is 5. The lowest BCUT2D eigenvalue weighted by Gasteiger charge is -2.30. The van der Waals surface area contributed by atoms with Crippen molar-refractivity contribution >= 4 is 29.0 Å². The third-order valence-corrected chi connectivity index (χ3v) is 5.97. The van der Waals surface area contributed by atoms with Gasteiger partial charge < -0.3 is 20.1 Å². The maximum absolute atomic E-state index is 13.1. The van der Waals surface area contributed by atoms with Gasteiger partial charge >= 0.3 is 6.03 Å². The first kappa shape index (κ1) is 21.2. The highest BCUT2D eigenvalue weighted by molar-refractivity contribution is 7.80. The monoisotopic (exact) mass is 440 g/mol. The molecule has 8 heteroatoms. The molecule has 31 heavy (non-hydrogen) atoms. The summed E-state index contributed by atoms with van der Waals surface area (Å²) in [5, 5.41) is 10.5. The Morgan fingerprint density at radius 2 is 1.74 bits per heavy atom. The average molecular weight is 441 g/mol. The summed E-state index contributed by atoms with van der Waals surface area (Å²) in [6, 6.07) is 11.8. The predicted molar refractivity (Wildman–Crippen MR) is 124 cm³/mol. The van der Waals surface area contributed by atoms with E-state index in [1.54, 1.807) is 5.01 Å². The Hall–Kier alpha value is -3.00. The second-order valence-corrected chi connectivity index (χ2v) is 7.92. The van der Waals surface area contributed by atoms with Gasteiger partial charge in [0.2, 0.25) is 6.79 Å². The van der Waals surface area contributed by atoms with Crippen LogP contribution in [0.4, 0.5) is 10.5 Å². The Bertz CT molecular complexity index is 959. The number of hydrogen-bond donors (Lipinski definition) is 2. The summed E-state index contributed by atoms with van der Waals surface area (Å²) >= 11 is 5.61. The Balaban J connectivity index is 1.40. The zero-order valence-electron chi connectivity index (χ0n) is 17.9. The smallest absolute Gasteiger partial charge is 0.340 e. The molecule has 7 nitrogen and oxygen atoms in total. The molecule has 2 heterocycles. The second kappa shape index (κ2) is 9.43. The van der Waals surface area contributed by atoms with Crippen LogP contribution in [0.15, 0.2) is 36.4 Å². The van der Waals surface area contributed by atoms with Crippen molar-refractivity contribution in [2.75, 3.05) is 25.2 Å². The van der Waals surface area contributed by atoms with Crippen LogP contribution < -0.4 is 20.1 Å². The quantitative estimate of drug-likeness (QED) is 0.684. The van der Waals surface area contributed by atoms with Gasteiger partial charge in [-0.2, -0.15) is 0 Å². The molecule has 0 spiro atoms. The van der Waals surface area contributed by atoms with Gasteiger partial charge in [0.1, 0.15) is 0 Å². The number of nitrogens with one attached hydrogen (secondary N) is 2. The number of thiocarbonyl (C=S) groups is 1. The summed E-state index contributed by atoms with van der Waals surface area (Å²) in [7, 11) is 0. The van der Waals surface area contributed by atoms with Crippen molar-refractivity contribution in [3.8, 4) is 11.5 Å². The molecule has 164 valence electrons. The number of hydrazine groups is 1. The van der Waals surface area contributed by atoms with Gasteiger partial charge in [-0.05, 0) is 60.3 Å². The van der Waals surface area contributed by atoms with Crippen LogP contribution in [0.1, 0.15) is 37.0 Å². The summed E-state index contributed by atoms with van der Waals surface area (Å²) in [4.78, 5) is 13.1. The highest BCUT2D eigenvalue weighted by Crippen LogP contribution is 2.32. The van der Waals surface area contributed by atoms with Crippen molar-refractivity contribution in [2.24, 2.45) is 0 Å². The van der Waals surface area contributed by atoms with E-state index in [9.17, 15) is 4.79 Å². The van der Waals surface area contributed by atoms with Crippen molar-refractivity contribution < 1.29 is 14.3 Å². The lowest BCUT2D eigenvalue weighted by atomic mass is 10.0. The van der Waals surface area contributed by atoms with Gasteiger partial charge in [-0.15, -0.1) is 0 Å². The van der Waals surface area contributed by atoms with E-state index >= 15 is 0 Å². The molecule has 4 rings (SSSR count). The SMILES string of the molecule is CCc1cccc(CC)c1NC(=O)N1CCCN1C(=S)NCc1ccc2c(c1)OCO2. The van der Waals surface area contributed by atoms with Crippen molar-refractivity contribution in [3.05, 3.63) is 53.1 Å². The number of nitrogens with zero attached hydrogens (tertiary/aromatic N) is 2. The molecule has 0 radical (unpaired) electrons. The number of aryl methyl sites for hydroxylation is 2. The van der Waals surface area contributed by atoms with Crippen molar-refractivity contribution in [1.82, 2.24) is 15.3 Å². The molecule has 1 saturated heterocycles. The lowest BCUT2D eigenvalue weighted by molar-refractivity contribution is 0.136. The zero-order chi connectivity index (χ0) is 21.8. The van der Waals surface area contributed by atoms with E-state index in [0.29, 0.717) is 24.7 Å². The molecule has 0 bridgehead atoms. The lowest BCUT2D eigenvalue weighted by Crippen LogP contribution is -2.50. The number of hydrogen-bond acceptors (Lipinski definition) is 4. The minimum absolute atomic E-state index is 0.152. The van der Waals surface area contributed by atoms with Gasteiger partial charge in [0.15, 0.2) is 16.6 Å². The van der Waals surface area contributed by atoms with Gasteiger partial charge in [0.25, 0.3) is 0 Å². The van der Waals surface area contributed by atoms with E-state index in [-0.39, 0.29) is 12.8 Å². The van der Waals surface area contributed by atoms with Gasteiger partial charge in [0, 0.05) is 25.3 Å². The van der Waals surface area contributed by atoms with Gasteiger partial charge in [-0.25, -0.2) is 9.80 Å². The molecule has 2 aliphatic heterocycles. The molecular weight excluding hydrogens is 412 g/mol. The van der Waals surface area contributed by atoms with E-state index in [0.717, 1.165) is 53.1 Å². The first-order valence-electron chi connectivity index (χ1n) is 10.7. The normalized spacial score (nSPS) is 14.6. The average Bonchev–Trinajstić information content (AvgIpc) is 3.46. The molecule has 2 aliphatic rings. The first-order chi connectivity index (χ1) is 15.1. The van der Waals surface area contributed by atoms with Gasteiger partial charge in [-0.3, -0.25) is 5.01 Å². The van der Waals surface area contributed by atoms with Crippen LogP contribution in [0.3, 0.4) is 0 Å². The Labute approximate surface area is 188 Å². The first-order valence-corrected chi connectivity index (χ1v) is 11.1. The molecule has 2 N–H and O–H groups in total. The fourth-order valence-electron chi connectivity index (χ4n) is 3.93. The minimum atomic E-state index is -0.152. The molecule has 1 fully saturated rings. The summed E-state index contributed by atoms with van der Waals surface area (Å²) in [6.07, 6.45) is 2.60. The number of carbonyl (C=O) groups is 1. The molecular formula is C23H28N4O3S. The summed E-state index contributed by atoms with van der Waals surface area (Å²) in [6.45, 7) is 6.33. The van der Waals surface area contributed by atoms with Crippen molar-refractivity contribution in [2.45, 2.75) is 39.7 Å². The Kier molecular flexibility index (Phi) is 6.46. The third-order valence-electron chi connectivity index (χ3n) is 5.61. The summed E-state index contributed by atoms with van der Waals surface area (Å²) < 4.78 is 10.8. The molecule has 0 aromatic heterocycles. The molecule has 0 atom stereocenters. The molecule has 2 amide bonds. The minimum Gasteiger partial charge on any atom is -0.454 e. The molecule has 0 aliphatic carbocycles. The number of para-hydroxylation sites is 1. The number of anilines is 1. The van der Waals surface area contributed by atoms with Crippen molar-refractivity contribution in [3.63, 3.8) is 0 Å². The number of urea groups is 1. The van der Waals surface area contributed by atoms with Crippen LogP contribution >= 0.6 is 12.2 Å². The van der Waals surface area contributed by atoms with E-state index in [1.807, 2.05) is 29.3 Å². The maximum Gasteiger partial charge on any atom is 0.340 e. The standard InChI is InChI=1S/C23H28N4O3S/c1-3-17-7-5-8-18(4-2)21(17)25-22(28)26-11-6-12-27(26)23(31)24-14-16-9-10-19-20(13-16)30-15-29-19/h5,7-10,13H,3-4,6,11-12,14-15H2,1-2H3,(H,24,31)(H,25,28). The van der Waals surface area contributed by atoms with E-state index in [2.05, 4.69) is 36.6 Å². The van der Waals surface area contributed by atoms with Crippen molar-refractivity contribution in [1.29, 1.82) is 0 Å². The maximum atomic E-state index is 13.1. The number of benzene rings is 2. The Morgan fingerprint density at radius 3 is 2.48 bits per heavy atom. The summed E-state index contributed by atoms with van der Waals surface area (Å²) in [5.74, 6) is 1.50. The van der Waals surface area contributed by atoms with E-state index < -0.39 is 0 Å². The fourth-order valence-corrected chi connectivity index (χ4v) is 4.19. The van der Waals surface area contributed by atoms with Gasteiger partial charge in [-0.1, -0.05) is 38.1 Å². The van der Waals surface area contributed by atoms with Gasteiger partial charge in [0.05, 0.1) is 0 Å². The zero-order valence-corrected chi connectivity index (χ0v) is 18.8. The van der Waals surface area contributed by atoms with Crippen LogP contribution in [-0.2, 0) is 19.4 Å². The fraction of sp³-hybridized carbons (Fsp3) is 0.391. The van der Waals surface area contributed by atoms with Crippen LogP contribution in [-0.4, -0.2) is 41.0 Å². The number of ether oxygens (including phenoxy) is 2. The highest BCUT2D eigenvalue weighted by atomic mass is 32.1. The van der Waals surface area contributed by atoms with Crippen LogP contribution in [0.5, 0.6) is 11.5 Å². The number of carbonyl (C=O) groups excluding carboxylic acids is 1. The van der Waals surface area contributed by atoms with E-state index in [4.69, 9.17) is 21.7 Å². The molecule has 0 unspecified atom stereocenters. The predicted octanol–water partition coefficient (Wildman–Crippen LogP) is 4.07. The van der Waals surface area contributed by atoms with Crippen LogP contribution in [0.25, 0.3) is 0 Å². The topological polar surface area (TPSA) is 66.1 Å². The largest absolute Gasteiger partial charge is 0.454 e. The third kappa shape index (κ3) is 4.54. The number of fused-ring (bicyclic) bond motifs is 1. The number of amides is 2. The molecule has 2 aromatic rings. The van der Waals surface area contributed by atoms with E-state index in [1.165, 1.54) is 0 Å². The Morgan fingerprint density at radius 1 is 1.03 bits per heavy atom. The molecule has 2 aromatic carbocycles. The molecule has 0 saturated carbocycles. The highest BCUT2D eigenvalue weighted by Gasteiger charge is 2.29. The summed E-state index contributed by atoms with van der Waals surface area (Å²) in [5.41, 5.74) is 4.23. The van der Waals surface area contributed by atoms with Crippen LogP contribution in [0, 0.1) is 0 Å².